The molecule has 3 N–H and O–H groups in total. The average Bonchev–Trinajstić information content (AvgIpc) is 2.80. The zero-order chi connectivity index (χ0) is 14.5. The van der Waals surface area contributed by atoms with Gasteiger partial charge in [-0.25, -0.2) is 4.79 Å². The fourth-order valence-corrected chi connectivity index (χ4v) is 2.58. The number of aliphatic carboxylic acids is 1. The van der Waals surface area contributed by atoms with Gasteiger partial charge in [-0.1, -0.05) is 19.9 Å². The summed E-state index contributed by atoms with van der Waals surface area (Å²) in [4.78, 5) is 23.1. The van der Waals surface area contributed by atoms with Crippen molar-refractivity contribution in [1.29, 1.82) is 0 Å². The van der Waals surface area contributed by atoms with E-state index in [1.54, 1.807) is 11.3 Å². The van der Waals surface area contributed by atoms with Gasteiger partial charge in [0.1, 0.15) is 6.04 Å². The number of carboxylic acid groups (broad SMARTS) is 1. The van der Waals surface area contributed by atoms with Gasteiger partial charge in [0.15, 0.2) is 0 Å². The van der Waals surface area contributed by atoms with Crippen molar-refractivity contribution in [2.75, 3.05) is 13.1 Å². The Bertz CT molecular complexity index is 429. The lowest BCUT2D eigenvalue weighted by molar-refractivity contribution is -0.141. The first-order valence-electron chi connectivity index (χ1n) is 6.07. The van der Waals surface area contributed by atoms with Gasteiger partial charge in [-0.05, 0) is 11.4 Å². The van der Waals surface area contributed by atoms with Gasteiger partial charge in [0.2, 0.25) is 5.91 Å². The summed E-state index contributed by atoms with van der Waals surface area (Å²) in [5.74, 6) is -1.37. The fraction of sp³-hybridized carbons (Fsp3) is 0.538. The molecule has 1 unspecified atom stereocenters. The molecule has 106 valence electrons. The molecule has 19 heavy (non-hydrogen) atoms. The van der Waals surface area contributed by atoms with Crippen LogP contribution in [0, 0.1) is 0 Å². The molecule has 6 heteroatoms. The molecule has 1 rings (SSSR count). The normalized spacial score (nSPS) is 13.0. The summed E-state index contributed by atoms with van der Waals surface area (Å²) >= 11 is 1.68. The second kappa shape index (κ2) is 6.68. The van der Waals surface area contributed by atoms with E-state index in [0.29, 0.717) is 6.54 Å². The van der Waals surface area contributed by atoms with Gasteiger partial charge in [-0.2, -0.15) is 0 Å². The number of rotatable bonds is 7. The van der Waals surface area contributed by atoms with Crippen molar-refractivity contribution < 1.29 is 14.7 Å². The van der Waals surface area contributed by atoms with Crippen molar-refractivity contribution in [3.63, 3.8) is 0 Å². The van der Waals surface area contributed by atoms with Crippen molar-refractivity contribution in [1.82, 2.24) is 10.6 Å². The lowest BCUT2D eigenvalue weighted by Crippen LogP contribution is -2.48. The van der Waals surface area contributed by atoms with Gasteiger partial charge in [-0.15, -0.1) is 11.3 Å². The van der Waals surface area contributed by atoms with E-state index in [2.05, 4.69) is 30.5 Å². The standard InChI is InChI=1S/C13H20N2O3S/c1-9(16)15-10(12(17)18)7-14-8-13(2,3)11-5-4-6-19-11/h4-6,10,14H,7-8H2,1-3H3,(H,15,16)(H,17,18). The molecule has 0 saturated carbocycles. The molecule has 1 aromatic heterocycles. The van der Waals surface area contributed by atoms with Crippen LogP contribution in [0.3, 0.4) is 0 Å². The molecule has 0 fully saturated rings. The zero-order valence-electron chi connectivity index (χ0n) is 11.4. The maximum absolute atomic E-state index is 11.0. The van der Waals surface area contributed by atoms with Crippen LogP contribution in [-0.2, 0) is 15.0 Å². The fourth-order valence-electron chi connectivity index (χ4n) is 1.73. The average molecular weight is 284 g/mol. The van der Waals surface area contributed by atoms with E-state index < -0.39 is 12.0 Å². The zero-order valence-corrected chi connectivity index (χ0v) is 12.2. The van der Waals surface area contributed by atoms with Crippen molar-refractivity contribution in [3.8, 4) is 0 Å². The van der Waals surface area contributed by atoms with Gasteiger partial charge < -0.3 is 15.7 Å². The predicted molar refractivity (Wildman–Crippen MR) is 75.5 cm³/mol. The van der Waals surface area contributed by atoms with Crippen LogP contribution in [0.4, 0.5) is 0 Å². The van der Waals surface area contributed by atoms with Gasteiger partial charge in [-0.3, -0.25) is 4.79 Å². The van der Waals surface area contributed by atoms with Crippen molar-refractivity contribution in [2.24, 2.45) is 0 Å². The third-order valence-electron chi connectivity index (χ3n) is 2.78. The molecular weight excluding hydrogens is 264 g/mol. The Morgan fingerprint density at radius 3 is 2.63 bits per heavy atom. The topological polar surface area (TPSA) is 78.4 Å². The molecule has 1 amide bonds. The van der Waals surface area contributed by atoms with E-state index in [-0.39, 0.29) is 17.9 Å². The molecule has 0 radical (unpaired) electrons. The monoisotopic (exact) mass is 284 g/mol. The number of carboxylic acids is 1. The molecule has 0 aliphatic carbocycles. The number of thiophene rings is 1. The molecular formula is C13H20N2O3S. The third kappa shape index (κ3) is 5.00. The van der Waals surface area contributed by atoms with E-state index in [4.69, 9.17) is 5.11 Å². The van der Waals surface area contributed by atoms with Gasteiger partial charge in [0.05, 0.1) is 0 Å². The Morgan fingerprint density at radius 2 is 2.16 bits per heavy atom. The molecule has 1 atom stereocenters. The summed E-state index contributed by atoms with van der Waals surface area (Å²) < 4.78 is 0. The van der Waals surface area contributed by atoms with Crippen molar-refractivity contribution in [2.45, 2.75) is 32.2 Å². The minimum atomic E-state index is -1.03. The number of hydrogen-bond donors (Lipinski definition) is 3. The third-order valence-corrected chi connectivity index (χ3v) is 4.02. The van der Waals surface area contributed by atoms with Crippen LogP contribution in [0.15, 0.2) is 17.5 Å². The highest BCUT2D eigenvalue weighted by atomic mass is 32.1. The van der Waals surface area contributed by atoms with Crippen LogP contribution in [0.25, 0.3) is 0 Å². The highest BCUT2D eigenvalue weighted by Gasteiger charge is 2.23. The van der Waals surface area contributed by atoms with E-state index in [1.807, 2.05) is 11.4 Å². The molecule has 0 bridgehead atoms. The van der Waals surface area contributed by atoms with Gasteiger partial charge in [0, 0.05) is 30.3 Å². The summed E-state index contributed by atoms with van der Waals surface area (Å²) in [5.41, 5.74) is -0.0621. The largest absolute Gasteiger partial charge is 0.480 e. The number of nitrogens with one attached hydrogen (secondary N) is 2. The lowest BCUT2D eigenvalue weighted by Gasteiger charge is -2.25. The van der Waals surface area contributed by atoms with E-state index >= 15 is 0 Å². The first-order chi connectivity index (χ1) is 8.83. The van der Waals surface area contributed by atoms with Crippen molar-refractivity contribution >= 4 is 23.2 Å². The summed E-state index contributed by atoms with van der Waals surface area (Å²) in [6.45, 7) is 6.37. The molecule has 0 saturated heterocycles. The predicted octanol–water partition coefficient (Wildman–Crippen LogP) is 1.20. The Kier molecular flexibility index (Phi) is 5.50. The maximum Gasteiger partial charge on any atom is 0.327 e. The molecule has 5 nitrogen and oxygen atoms in total. The summed E-state index contributed by atoms with van der Waals surface area (Å²) in [6, 6.07) is 3.17. The Balaban J connectivity index is 2.48. The number of hydrogen-bond acceptors (Lipinski definition) is 4. The molecule has 0 aliphatic heterocycles. The van der Waals surface area contributed by atoms with Crippen LogP contribution in [0.1, 0.15) is 25.6 Å². The van der Waals surface area contributed by atoms with Crippen LogP contribution in [0.5, 0.6) is 0 Å². The lowest BCUT2D eigenvalue weighted by atomic mass is 9.91. The molecule has 0 spiro atoms. The highest BCUT2D eigenvalue weighted by Crippen LogP contribution is 2.26. The van der Waals surface area contributed by atoms with Crippen LogP contribution >= 0.6 is 11.3 Å². The second-order valence-electron chi connectivity index (χ2n) is 5.08. The Morgan fingerprint density at radius 1 is 1.47 bits per heavy atom. The minimum absolute atomic E-state index is 0.0621. The summed E-state index contributed by atoms with van der Waals surface area (Å²) in [5, 5.41) is 16.5. The molecule has 1 aromatic rings. The number of carbonyl (C=O) groups excluding carboxylic acids is 1. The van der Waals surface area contributed by atoms with E-state index in [9.17, 15) is 9.59 Å². The minimum Gasteiger partial charge on any atom is -0.480 e. The van der Waals surface area contributed by atoms with Crippen LogP contribution in [0.2, 0.25) is 0 Å². The molecule has 1 heterocycles. The van der Waals surface area contributed by atoms with Crippen LogP contribution < -0.4 is 10.6 Å². The number of amides is 1. The van der Waals surface area contributed by atoms with Gasteiger partial charge in [0.25, 0.3) is 0 Å². The first-order valence-corrected chi connectivity index (χ1v) is 6.95. The molecule has 0 aromatic carbocycles. The Hall–Kier alpha value is -1.40. The van der Waals surface area contributed by atoms with Crippen molar-refractivity contribution in [3.05, 3.63) is 22.4 Å². The second-order valence-corrected chi connectivity index (χ2v) is 6.03. The molecule has 0 aliphatic rings. The van der Waals surface area contributed by atoms with E-state index in [1.165, 1.54) is 11.8 Å². The van der Waals surface area contributed by atoms with E-state index in [0.717, 1.165) is 0 Å². The number of carbonyl (C=O) groups is 2. The van der Waals surface area contributed by atoms with Gasteiger partial charge >= 0.3 is 5.97 Å². The van der Waals surface area contributed by atoms with Crippen LogP contribution in [-0.4, -0.2) is 36.1 Å². The first kappa shape index (κ1) is 15.7. The Labute approximate surface area is 117 Å². The maximum atomic E-state index is 11.0. The summed E-state index contributed by atoms with van der Waals surface area (Å²) in [6.07, 6.45) is 0. The smallest absolute Gasteiger partial charge is 0.327 e. The highest BCUT2D eigenvalue weighted by molar-refractivity contribution is 7.10. The SMILES string of the molecule is CC(=O)NC(CNCC(C)(C)c1cccs1)C(=O)O. The summed E-state index contributed by atoms with van der Waals surface area (Å²) in [7, 11) is 0. The quantitative estimate of drug-likeness (QED) is 0.703.